The SMILES string of the molecule is CCN(CI)C(=O)c1cccc2[nH]c(-c3n[nH]c4ncc(-c5cncc(NC(=O)C(C)C)c5)cc34)nc12. The summed E-state index contributed by atoms with van der Waals surface area (Å²) in [5, 5.41) is 11.1. The number of fused-ring (bicyclic) bond motifs is 2. The van der Waals surface area contributed by atoms with Gasteiger partial charge in [-0.25, -0.2) is 9.97 Å². The van der Waals surface area contributed by atoms with Gasteiger partial charge < -0.3 is 15.2 Å². The van der Waals surface area contributed by atoms with Crippen LogP contribution in [0.5, 0.6) is 0 Å². The first-order valence-electron chi connectivity index (χ1n) is 11.8. The van der Waals surface area contributed by atoms with Crippen molar-refractivity contribution in [2.45, 2.75) is 20.8 Å². The van der Waals surface area contributed by atoms with Crippen molar-refractivity contribution in [1.29, 1.82) is 0 Å². The third kappa shape index (κ3) is 4.78. The third-order valence-electron chi connectivity index (χ3n) is 6.06. The van der Waals surface area contributed by atoms with E-state index in [0.29, 0.717) is 45.0 Å². The quantitative estimate of drug-likeness (QED) is 0.135. The molecule has 0 aliphatic heterocycles. The molecule has 0 saturated heterocycles. The molecule has 4 heterocycles. The van der Waals surface area contributed by atoms with E-state index in [9.17, 15) is 9.59 Å². The van der Waals surface area contributed by atoms with Crippen LogP contribution in [0.1, 0.15) is 31.1 Å². The summed E-state index contributed by atoms with van der Waals surface area (Å²) in [6, 6.07) is 9.36. The van der Waals surface area contributed by atoms with Gasteiger partial charge in [0, 0.05) is 36.0 Å². The Balaban J connectivity index is 1.54. The Morgan fingerprint density at radius 2 is 1.95 bits per heavy atom. The highest BCUT2D eigenvalue weighted by Gasteiger charge is 2.20. The highest BCUT2D eigenvalue weighted by atomic mass is 127. The van der Waals surface area contributed by atoms with Crippen LogP contribution in [-0.2, 0) is 4.79 Å². The fourth-order valence-electron chi connectivity index (χ4n) is 3.96. The van der Waals surface area contributed by atoms with Gasteiger partial charge in [-0.2, -0.15) is 5.10 Å². The highest BCUT2D eigenvalue weighted by molar-refractivity contribution is 14.1. The van der Waals surface area contributed by atoms with E-state index in [1.54, 1.807) is 29.6 Å². The van der Waals surface area contributed by atoms with Crippen molar-refractivity contribution in [3.8, 4) is 22.6 Å². The summed E-state index contributed by atoms with van der Waals surface area (Å²) in [5.41, 5.74) is 5.34. The standard InChI is InChI=1S/C26H25IN8O2/c1-4-35(13-27)26(37)18-6-5-7-20-21(18)32-24(31-20)22-19-9-16(11-29-23(19)34-33-22)15-8-17(12-28-10-15)30-25(36)14(2)3/h5-12,14H,4,13H2,1-3H3,(H,30,36)(H,31,32)(H,29,33,34). The molecule has 37 heavy (non-hydrogen) atoms. The smallest absolute Gasteiger partial charge is 0.256 e. The van der Waals surface area contributed by atoms with Crippen LogP contribution in [0.15, 0.2) is 48.9 Å². The highest BCUT2D eigenvalue weighted by Crippen LogP contribution is 2.30. The predicted octanol–water partition coefficient (Wildman–Crippen LogP) is 5.01. The van der Waals surface area contributed by atoms with Gasteiger partial charge in [0.2, 0.25) is 5.91 Å². The minimum atomic E-state index is -0.138. The Bertz CT molecular complexity index is 1620. The lowest BCUT2D eigenvalue weighted by Gasteiger charge is -2.17. The summed E-state index contributed by atoms with van der Waals surface area (Å²) < 4.78 is 0.594. The zero-order chi connectivity index (χ0) is 26.1. The Kier molecular flexibility index (Phi) is 6.87. The summed E-state index contributed by atoms with van der Waals surface area (Å²) in [4.78, 5) is 43.8. The van der Waals surface area contributed by atoms with Gasteiger partial charge in [-0.1, -0.05) is 42.5 Å². The number of aromatic nitrogens is 6. The number of H-pyrrole nitrogens is 2. The van der Waals surface area contributed by atoms with Crippen LogP contribution >= 0.6 is 22.6 Å². The Morgan fingerprint density at radius 1 is 1.14 bits per heavy atom. The average molecular weight is 608 g/mol. The average Bonchev–Trinajstić information content (AvgIpc) is 3.53. The maximum Gasteiger partial charge on any atom is 0.256 e. The van der Waals surface area contributed by atoms with Crippen LogP contribution < -0.4 is 5.32 Å². The van der Waals surface area contributed by atoms with Crippen molar-refractivity contribution >= 4 is 62.2 Å². The van der Waals surface area contributed by atoms with E-state index in [0.717, 1.165) is 22.0 Å². The van der Waals surface area contributed by atoms with Gasteiger partial charge in [-0.3, -0.25) is 19.7 Å². The van der Waals surface area contributed by atoms with E-state index in [2.05, 4.69) is 53.1 Å². The third-order valence-corrected chi connectivity index (χ3v) is 6.88. The molecule has 0 fully saturated rings. The summed E-state index contributed by atoms with van der Waals surface area (Å²) >= 11 is 2.19. The van der Waals surface area contributed by atoms with Crippen molar-refractivity contribution in [3.63, 3.8) is 0 Å². The number of para-hydroxylation sites is 1. The molecule has 11 heteroatoms. The summed E-state index contributed by atoms with van der Waals surface area (Å²) in [6.07, 6.45) is 5.07. The Hall–Kier alpha value is -3.87. The zero-order valence-electron chi connectivity index (χ0n) is 20.5. The van der Waals surface area contributed by atoms with Crippen molar-refractivity contribution in [3.05, 3.63) is 54.5 Å². The number of halogens is 1. The minimum Gasteiger partial charge on any atom is -0.337 e. The number of benzene rings is 1. The number of imidazole rings is 1. The molecule has 0 bridgehead atoms. The lowest BCUT2D eigenvalue weighted by molar-refractivity contribution is -0.118. The molecule has 5 rings (SSSR count). The molecule has 5 aromatic rings. The Morgan fingerprint density at radius 3 is 2.70 bits per heavy atom. The van der Waals surface area contributed by atoms with Crippen LogP contribution in [0.2, 0.25) is 0 Å². The molecule has 0 spiro atoms. The van der Waals surface area contributed by atoms with E-state index in [1.807, 2.05) is 45.0 Å². The second-order valence-corrected chi connectivity index (χ2v) is 9.55. The molecule has 1 aromatic carbocycles. The van der Waals surface area contributed by atoms with E-state index in [4.69, 9.17) is 4.98 Å². The van der Waals surface area contributed by atoms with Crippen LogP contribution in [0.4, 0.5) is 5.69 Å². The largest absolute Gasteiger partial charge is 0.337 e. The summed E-state index contributed by atoms with van der Waals surface area (Å²) in [5.74, 6) is 0.261. The molecule has 0 atom stereocenters. The van der Waals surface area contributed by atoms with Crippen LogP contribution in [0, 0.1) is 5.92 Å². The molecule has 2 amide bonds. The molecule has 0 unspecified atom stereocenters. The van der Waals surface area contributed by atoms with Crippen LogP contribution in [0.3, 0.4) is 0 Å². The number of carbonyl (C=O) groups is 2. The van der Waals surface area contributed by atoms with Crippen molar-refractivity contribution in [2.75, 3.05) is 16.4 Å². The second kappa shape index (κ2) is 10.2. The molecule has 0 radical (unpaired) electrons. The molecule has 10 nitrogen and oxygen atoms in total. The molecule has 4 aromatic heterocycles. The molecule has 0 saturated carbocycles. The van der Waals surface area contributed by atoms with Gasteiger partial charge >= 0.3 is 0 Å². The normalized spacial score (nSPS) is 11.4. The predicted molar refractivity (Wildman–Crippen MR) is 151 cm³/mol. The topological polar surface area (TPSA) is 133 Å². The maximum absolute atomic E-state index is 13.1. The number of hydrogen-bond donors (Lipinski definition) is 3. The van der Waals surface area contributed by atoms with Gasteiger partial charge in [0.05, 0.1) is 32.9 Å². The number of nitrogens with one attached hydrogen (secondary N) is 3. The molecular weight excluding hydrogens is 583 g/mol. The summed E-state index contributed by atoms with van der Waals surface area (Å²) in [7, 11) is 0. The molecule has 0 aliphatic rings. The van der Waals surface area contributed by atoms with E-state index in [1.165, 1.54) is 0 Å². The van der Waals surface area contributed by atoms with Gasteiger partial charge in [-0.05, 0) is 31.2 Å². The summed E-state index contributed by atoms with van der Waals surface area (Å²) in [6.45, 7) is 6.25. The van der Waals surface area contributed by atoms with Crippen LogP contribution in [0.25, 0.3) is 44.7 Å². The van der Waals surface area contributed by atoms with Gasteiger partial charge in [0.1, 0.15) is 11.2 Å². The number of rotatable bonds is 7. The maximum atomic E-state index is 13.1. The zero-order valence-corrected chi connectivity index (χ0v) is 22.7. The van der Waals surface area contributed by atoms with E-state index < -0.39 is 0 Å². The monoisotopic (exact) mass is 608 g/mol. The number of alkyl halides is 1. The second-order valence-electron chi connectivity index (χ2n) is 8.87. The van der Waals surface area contributed by atoms with E-state index >= 15 is 0 Å². The van der Waals surface area contributed by atoms with Crippen molar-refractivity contribution < 1.29 is 9.59 Å². The van der Waals surface area contributed by atoms with Crippen molar-refractivity contribution in [1.82, 2.24) is 35.0 Å². The molecule has 188 valence electrons. The van der Waals surface area contributed by atoms with Crippen molar-refractivity contribution in [2.24, 2.45) is 5.92 Å². The number of amides is 2. The first-order chi connectivity index (χ1) is 17.9. The van der Waals surface area contributed by atoms with Gasteiger partial charge in [0.15, 0.2) is 11.5 Å². The molecule has 3 N–H and O–H groups in total. The number of carbonyl (C=O) groups excluding carboxylic acids is 2. The first kappa shape index (κ1) is 24.8. The fraction of sp³-hybridized carbons (Fsp3) is 0.231. The van der Waals surface area contributed by atoms with E-state index in [-0.39, 0.29) is 17.7 Å². The van der Waals surface area contributed by atoms with Gasteiger partial charge in [-0.15, -0.1) is 0 Å². The Labute approximate surface area is 226 Å². The number of nitrogens with zero attached hydrogens (tertiary/aromatic N) is 5. The number of hydrogen-bond acceptors (Lipinski definition) is 6. The molecule has 0 aliphatic carbocycles. The lowest BCUT2D eigenvalue weighted by Crippen LogP contribution is -2.29. The number of pyridine rings is 2. The number of aromatic amines is 2. The number of anilines is 1. The lowest BCUT2D eigenvalue weighted by atomic mass is 10.1. The fourth-order valence-corrected chi connectivity index (χ4v) is 4.76. The van der Waals surface area contributed by atoms with Gasteiger partial charge in [0.25, 0.3) is 5.91 Å². The molecular formula is C26H25IN8O2. The van der Waals surface area contributed by atoms with Crippen LogP contribution in [-0.4, -0.2) is 57.9 Å². The first-order valence-corrected chi connectivity index (χ1v) is 13.4. The minimum absolute atomic E-state index is 0.0617.